The first kappa shape index (κ1) is 18.0. The van der Waals surface area contributed by atoms with Gasteiger partial charge in [0.15, 0.2) is 17.3 Å². The van der Waals surface area contributed by atoms with Gasteiger partial charge in [-0.1, -0.05) is 0 Å². The van der Waals surface area contributed by atoms with E-state index in [0.29, 0.717) is 47.3 Å². The lowest BCUT2D eigenvalue weighted by molar-refractivity contribution is 0.0697. The van der Waals surface area contributed by atoms with Gasteiger partial charge in [0.25, 0.3) is 0 Å². The number of aromatic carboxylic acids is 1. The van der Waals surface area contributed by atoms with Crippen molar-refractivity contribution in [1.29, 1.82) is 0 Å². The molecular formula is C21H21N3O4. The molecule has 3 aromatic rings. The second kappa shape index (κ2) is 6.99. The van der Waals surface area contributed by atoms with E-state index < -0.39 is 5.97 Å². The van der Waals surface area contributed by atoms with Crippen LogP contribution in [0.2, 0.25) is 0 Å². The molecule has 0 unspecified atom stereocenters. The predicted molar refractivity (Wildman–Crippen MR) is 106 cm³/mol. The van der Waals surface area contributed by atoms with Crippen LogP contribution in [0.1, 0.15) is 24.2 Å². The third-order valence-electron chi connectivity index (χ3n) is 4.82. The number of carboxylic acids is 1. The van der Waals surface area contributed by atoms with E-state index >= 15 is 0 Å². The molecule has 0 bridgehead atoms. The van der Waals surface area contributed by atoms with Gasteiger partial charge in [-0.2, -0.15) is 0 Å². The van der Waals surface area contributed by atoms with E-state index in [9.17, 15) is 9.90 Å². The molecule has 7 heteroatoms. The molecule has 28 heavy (non-hydrogen) atoms. The molecule has 144 valence electrons. The topological polar surface area (TPSA) is 84.8 Å². The molecule has 0 radical (unpaired) electrons. The Morgan fingerprint density at radius 2 is 1.79 bits per heavy atom. The first-order valence-corrected chi connectivity index (χ1v) is 9.12. The maximum Gasteiger partial charge on any atom is 0.335 e. The van der Waals surface area contributed by atoms with Crippen LogP contribution in [0.4, 0.5) is 5.82 Å². The standard InChI is InChI=1S/C21H21N3O4/c1-12(2)24(3)20-19(13-5-7-17-18(11-13)28-9-8-27-17)22-15-6-4-14(21(25)26)10-16(15)23-20/h4-7,10-12H,8-9H2,1-3H3,(H,25,26). The van der Waals surface area contributed by atoms with Crippen molar-refractivity contribution < 1.29 is 19.4 Å². The van der Waals surface area contributed by atoms with Crippen LogP contribution < -0.4 is 14.4 Å². The summed E-state index contributed by atoms with van der Waals surface area (Å²) in [7, 11) is 1.95. The molecule has 4 rings (SSSR count). The van der Waals surface area contributed by atoms with Crippen LogP contribution in [0.15, 0.2) is 36.4 Å². The van der Waals surface area contributed by atoms with Crippen molar-refractivity contribution >= 4 is 22.8 Å². The normalized spacial score (nSPS) is 13.0. The molecule has 0 atom stereocenters. The number of fused-ring (bicyclic) bond motifs is 2. The second-order valence-electron chi connectivity index (χ2n) is 6.97. The average Bonchev–Trinajstić information content (AvgIpc) is 2.71. The Labute approximate surface area is 162 Å². The Balaban J connectivity index is 1.91. The summed E-state index contributed by atoms with van der Waals surface area (Å²) < 4.78 is 11.3. The first-order valence-electron chi connectivity index (χ1n) is 9.12. The minimum absolute atomic E-state index is 0.186. The smallest absolute Gasteiger partial charge is 0.335 e. The lowest BCUT2D eigenvalue weighted by Crippen LogP contribution is -2.27. The summed E-state index contributed by atoms with van der Waals surface area (Å²) in [6.07, 6.45) is 0. The van der Waals surface area contributed by atoms with Gasteiger partial charge < -0.3 is 19.5 Å². The minimum Gasteiger partial charge on any atom is -0.486 e. The lowest BCUT2D eigenvalue weighted by atomic mass is 10.1. The van der Waals surface area contributed by atoms with E-state index in [1.807, 2.05) is 30.1 Å². The molecule has 1 aliphatic rings. The Kier molecular flexibility index (Phi) is 4.50. The van der Waals surface area contributed by atoms with Crippen LogP contribution in [0.25, 0.3) is 22.3 Å². The summed E-state index contributed by atoms with van der Waals surface area (Å²) in [4.78, 5) is 22.9. The van der Waals surface area contributed by atoms with Crippen molar-refractivity contribution in [2.75, 3.05) is 25.2 Å². The van der Waals surface area contributed by atoms with Gasteiger partial charge >= 0.3 is 5.97 Å². The van der Waals surface area contributed by atoms with E-state index in [4.69, 9.17) is 19.4 Å². The quantitative estimate of drug-likeness (QED) is 0.741. The number of anilines is 1. The molecule has 0 aliphatic carbocycles. The fraction of sp³-hybridized carbons (Fsp3) is 0.286. The number of benzene rings is 2. The largest absolute Gasteiger partial charge is 0.486 e. The molecule has 0 saturated heterocycles. The number of hydrogen-bond acceptors (Lipinski definition) is 6. The number of hydrogen-bond donors (Lipinski definition) is 1. The molecule has 1 aliphatic heterocycles. The van der Waals surface area contributed by atoms with Gasteiger partial charge in [0.05, 0.1) is 16.6 Å². The van der Waals surface area contributed by atoms with Crippen molar-refractivity contribution in [3.63, 3.8) is 0 Å². The number of ether oxygens (including phenoxy) is 2. The molecular weight excluding hydrogens is 358 g/mol. The van der Waals surface area contributed by atoms with E-state index in [1.54, 1.807) is 18.2 Å². The van der Waals surface area contributed by atoms with Crippen LogP contribution in [0.3, 0.4) is 0 Å². The monoisotopic (exact) mass is 379 g/mol. The highest BCUT2D eigenvalue weighted by atomic mass is 16.6. The average molecular weight is 379 g/mol. The molecule has 0 amide bonds. The summed E-state index contributed by atoms with van der Waals surface area (Å²) >= 11 is 0. The number of aromatic nitrogens is 2. The number of carboxylic acid groups (broad SMARTS) is 1. The van der Waals surface area contributed by atoms with Gasteiger partial charge in [0, 0.05) is 18.7 Å². The van der Waals surface area contributed by atoms with E-state index in [1.165, 1.54) is 0 Å². The molecule has 2 aromatic carbocycles. The zero-order valence-electron chi connectivity index (χ0n) is 16.0. The van der Waals surface area contributed by atoms with Crippen LogP contribution in [0.5, 0.6) is 11.5 Å². The number of rotatable bonds is 4. The van der Waals surface area contributed by atoms with Crippen molar-refractivity contribution in [2.24, 2.45) is 0 Å². The van der Waals surface area contributed by atoms with Crippen molar-refractivity contribution in [1.82, 2.24) is 9.97 Å². The Bertz CT molecular complexity index is 1060. The molecule has 1 aromatic heterocycles. The number of nitrogens with zero attached hydrogens (tertiary/aromatic N) is 3. The predicted octanol–water partition coefficient (Wildman–Crippen LogP) is 3.61. The van der Waals surface area contributed by atoms with Crippen LogP contribution in [0, 0.1) is 0 Å². The summed E-state index contributed by atoms with van der Waals surface area (Å²) in [5, 5.41) is 9.27. The lowest BCUT2D eigenvalue weighted by Gasteiger charge is -2.25. The van der Waals surface area contributed by atoms with Gasteiger partial charge in [-0.15, -0.1) is 0 Å². The summed E-state index contributed by atoms with van der Waals surface area (Å²) in [6, 6.07) is 10.7. The fourth-order valence-electron chi connectivity index (χ4n) is 3.05. The highest BCUT2D eigenvalue weighted by Crippen LogP contribution is 2.37. The Morgan fingerprint density at radius 3 is 2.50 bits per heavy atom. The molecule has 1 N–H and O–H groups in total. The Hall–Kier alpha value is -3.35. The molecule has 0 saturated carbocycles. The van der Waals surface area contributed by atoms with Crippen molar-refractivity contribution in [3.8, 4) is 22.8 Å². The zero-order valence-corrected chi connectivity index (χ0v) is 16.0. The van der Waals surface area contributed by atoms with Crippen molar-refractivity contribution in [3.05, 3.63) is 42.0 Å². The van der Waals surface area contributed by atoms with Crippen LogP contribution >= 0.6 is 0 Å². The molecule has 7 nitrogen and oxygen atoms in total. The van der Waals surface area contributed by atoms with Crippen LogP contribution in [-0.2, 0) is 0 Å². The highest BCUT2D eigenvalue weighted by molar-refractivity contribution is 5.93. The van der Waals surface area contributed by atoms with Crippen LogP contribution in [-0.4, -0.2) is 47.3 Å². The van der Waals surface area contributed by atoms with E-state index in [2.05, 4.69) is 13.8 Å². The first-order chi connectivity index (χ1) is 13.4. The maximum atomic E-state index is 11.3. The van der Waals surface area contributed by atoms with Crippen molar-refractivity contribution in [2.45, 2.75) is 19.9 Å². The third kappa shape index (κ3) is 3.19. The third-order valence-corrected chi connectivity index (χ3v) is 4.82. The highest BCUT2D eigenvalue weighted by Gasteiger charge is 2.20. The van der Waals surface area contributed by atoms with E-state index in [-0.39, 0.29) is 11.6 Å². The van der Waals surface area contributed by atoms with E-state index in [0.717, 1.165) is 5.56 Å². The van der Waals surface area contributed by atoms with Gasteiger partial charge in [-0.25, -0.2) is 14.8 Å². The Morgan fingerprint density at radius 1 is 1.04 bits per heavy atom. The van der Waals surface area contributed by atoms with Gasteiger partial charge in [0.1, 0.15) is 18.9 Å². The van der Waals surface area contributed by atoms with Gasteiger partial charge in [0.2, 0.25) is 0 Å². The fourth-order valence-corrected chi connectivity index (χ4v) is 3.05. The summed E-state index contributed by atoms with van der Waals surface area (Å²) in [5.74, 6) is 1.10. The molecule has 2 heterocycles. The minimum atomic E-state index is -0.988. The molecule has 0 spiro atoms. The molecule has 0 fully saturated rings. The summed E-state index contributed by atoms with van der Waals surface area (Å²) in [5.41, 5.74) is 2.94. The zero-order chi connectivity index (χ0) is 19.8. The second-order valence-corrected chi connectivity index (χ2v) is 6.97. The SMILES string of the molecule is CC(C)N(C)c1nc2cc(C(=O)O)ccc2nc1-c1ccc2c(c1)OCCO2. The maximum absolute atomic E-state index is 11.3. The van der Waals surface area contributed by atoms with Gasteiger partial charge in [-0.05, 0) is 50.2 Å². The van der Waals surface area contributed by atoms with Gasteiger partial charge in [-0.3, -0.25) is 0 Å². The summed E-state index contributed by atoms with van der Waals surface area (Å²) in [6.45, 7) is 5.17. The number of carbonyl (C=O) groups is 1.